The number of hydrogen-bond donors (Lipinski definition) is 1. The molecule has 0 atom stereocenters. The Hall–Kier alpha value is -1.25. The predicted octanol–water partition coefficient (Wildman–Crippen LogP) is 4.60. The number of rotatable bonds is 11. The Bertz CT molecular complexity index is 308. The standard InChI is InChI=1S/C17H31NO2/c1-4-6-10-14-17(20)18(3)15-12-9-7-8-11-13-16(19)5-2/h5,11,13,19H,4,6-10,12,14-15H2,1-3H3/b13-11-,16-5+. The van der Waals surface area contributed by atoms with E-state index in [1.54, 1.807) is 12.2 Å². The minimum atomic E-state index is 0.274. The van der Waals surface area contributed by atoms with Crippen LogP contribution in [0.15, 0.2) is 24.0 Å². The minimum Gasteiger partial charge on any atom is -0.508 e. The van der Waals surface area contributed by atoms with Gasteiger partial charge in [0.15, 0.2) is 0 Å². The second-order valence-electron chi connectivity index (χ2n) is 5.24. The molecule has 0 aromatic rings. The summed E-state index contributed by atoms with van der Waals surface area (Å²) >= 11 is 0. The molecule has 0 spiro atoms. The van der Waals surface area contributed by atoms with E-state index in [0.717, 1.165) is 51.5 Å². The number of amides is 1. The average molecular weight is 281 g/mol. The van der Waals surface area contributed by atoms with Gasteiger partial charge in [-0.3, -0.25) is 4.79 Å². The maximum absolute atomic E-state index is 11.8. The molecule has 20 heavy (non-hydrogen) atoms. The molecular formula is C17H31NO2. The molecule has 3 heteroatoms. The van der Waals surface area contributed by atoms with Gasteiger partial charge in [0, 0.05) is 20.0 Å². The highest BCUT2D eigenvalue weighted by molar-refractivity contribution is 5.75. The van der Waals surface area contributed by atoms with Crippen molar-refractivity contribution < 1.29 is 9.90 Å². The van der Waals surface area contributed by atoms with Crippen LogP contribution in [0.25, 0.3) is 0 Å². The molecule has 0 radical (unpaired) electrons. The number of carbonyl (C=O) groups excluding carboxylic acids is 1. The van der Waals surface area contributed by atoms with Gasteiger partial charge in [-0.25, -0.2) is 0 Å². The third kappa shape index (κ3) is 10.7. The summed E-state index contributed by atoms with van der Waals surface area (Å²) in [4.78, 5) is 13.6. The van der Waals surface area contributed by atoms with E-state index in [2.05, 4.69) is 6.92 Å². The van der Waals surface area contributed by atoms with E-state index in [0.29, 0.717) is 12.2 Å². The fourth-order valence-corrected chi connectivity index (χ4v) is 1.93. The van der Waals surface area contributed by atoms with E-state index in [1.807, 2.05) is 24.9 Å². The van der Waals surface area contributed by atoms with E-state index in [1.165, 1.54) is 0 Å². The normalized spacial score (nSPS) is 12.1. The maximum atomic E-state index is 11.8. The molecule has 0 aliphatic carbocycles. The monoisotopic (exact) mass is 281 g/mol. The van der Waals surface area contributed by atoms with E-state index >= 15 is 0 Å². The first-order valence-corrected chi connectivity index (χ1v) is 7.87. The molecule has 0 rings (SSSR count). The fourth-order valence-electron chi connectivity index (χ4n) is 1.93. The van der Waals surface area contributed by atoms with E-state index in [-0.39, 0.29) is 5.91 Å². The van der Waals surface area contributed by atoms with Crippen LogP contribution in [0.2, 0.25) is 0 Å². The zero-order chi connectivity index (χ0) is 15.2. The zero-order valence-corrected chi connectivity index (χ0v) is 13.4. The Kier molecular flexibility index (Phi) is 12.0. The van der Waals surface area contributed by atoms with Crippen molar-refractivity contribution in [1.82, 2.24) is 4.90 Å². The van der Waals surface area contributed by atoms with Gasteiger partial charge in [-0.2, -0.15) is 0 Å². The van der Waals surface area contributed by atoms with Gasteiger partial charge in [0.25, 0.3) is 0 Å². The lowest BCUT2D eigenvalue weighted by Crippen LogP contribution is -2.27. The van der Waals surface area contributed by atoms with Gasteiger partial charge in [0.05, 0.1) is 0 Å². The molecule has 1 amide bonds. The number of unbranched alkanes of at least 4 members (excludes halogenated alkanes) is 5. The summed E-state index contributed by atoms with van der Waals surface area (Å²) in [6.45, 7) is 4.82. The number of allylic oxidation sites excluding steroid dienone is 3. The molecule has 0 aliphatic rings. The predicted molar refractivity (Wildman–Crippen MR) is 85.8 cm³/mol. The van der Waals surface area contributed by atoms with Crippen LogP contribution < -0.4 is 0 Å². The van der Waals surface area contributed by atoms with Crippen molar-refractivity contribution >= 4 is 5.91 Å². The van der Waals surface area contributed by atoms with Crippen molar-refractivity contribution in [3.05, 3.63) is 24.0 Å². The van der Waals surface area contributed by atoms with Gasteiger partial charge in [0.2, 0.25) is 5.91 Å². The van der Waals surface area contributed by atoms with E-state index in [9.17, 15) is 9.90 Å². The van der Waals surface area contributed by atoms with E-state index < -0.39 is 0 Å². The van der Waals surface area contributed by atoms with Crippen LogP contribution in [-0.4, -0.2) is 29.5 Å². The first-order chi connectivity index (χ1) is 9.61. The van der Waals surface area contributed by atoms with Gasteiger partial charge in [-0.1, -0.05) is 32.3 Å². The highest BCUT2D eigenvalue weighted by atomic mass is 16.3. The third-order valence-corrected chi connectivity index (χ3v) is 3.37. The Morgan fingerprint density at radius 2 is 1.90 bits per heavy atom. The Balaban J connectivity index is 3.54. The zero-order valence-electron chi connectivity index (χ0n) is 13.4. The van der Waals surface area contributed by atoms with Crippen LogP contribution in [0.5, 0.6) is 0 Å². The van der Waals surface area contributed by atoms with Crippen molar-refractivity contribution in [2.24, 2.45) is 0 Å². The Morgan fingerprint density at radius 3 is 2.55 bits per heavy atom. The lowest BCUT2D eigenvalue weighted by molar-refractivity contribution is -0.130. The minimum absolute atomic E-state index is 0.274. The van der Waals surface area contributed by atoms with Crippen LogP contribution in [0.1, 0.15) is 65.2 Å². The molecule has 0 bridgehead atoms. The first-order valence-electron chi connectivity index (χ1n) is 7.87. The van der Waals surface area contributed by atoms with Crippen LogP contribution in [0, 0.1) is 0 Å². The highest BCUT2D eigenvalue weighted by Gasteiger charge is 2.06. The summed E-state index contributed by atoms with van der Waals surface area (Å²) in [5.74, 6) is 0.596. The number of aliphatic hydroxyl groups is 1. The molecule has 0 fully saturated rings. The molecule has 1 N–H and O–H groups in total. The lowest BCUT2D eigenvalue weighted by Gasteiger charge is -2.16. The molecule has 0 aromatic carbocycles. The first kappa shape index (κ1) is 18.8. The molecule has 0 aromatic heterocycles. The lowest BCUT2D eigenvalue weighted by atomic mass is 10.1. The van der Waals surface area contributed by atoms with Crippen molar-refractivity contribution in [3.8, 4) is 0 Å². The van der Waals surface area contributed by atoms with Crippen LogP contribution >= 0.6 is 0 Å². The van der Waals surface area contributed by atoms with Crippen LogP contribution in [0.3, 0.4) is 0 Å². The van der Waals surface area contributed by atoms with Crippen molar-refractivity contribution in [1.29, 1.82) is 0 Å². The molecule has 0 aliphatic heterocycles. The summed E-state index contributed by atoms with van der Waals surface area (Å²) in [6, 6.07) is 0. The fraction of sp³-hybridized carbons (Fsp3) is 0.706. The van der Waals surface area contributed by atoms with Crippen LogP contribution in [-0.2, 0) is 4.79 Å². The molecule has 0 saturated carbocycles. The van der Waals surface area contributed by atoms with Gasteiger partial charge in [-0.05, 0) is 44.8 Å². The molecule has 0 heterocycles. The SMILES string of the molecule is C/C=C(O)\C=C/CCCCCN(C)C(=O)CCCCC. The third-order valence-electron chi connectivity index (χ3n) is 3.37. The second kappa shape index (κ2) is 12.8. The molecule has 3 nitrogen and oxygen atoms in total. The van der Waals surface area contributed by atoms with Gasteiger partial charge < -0.3 is 10.0 Å². The molecule has 0 unspecified atom stereocenters. The van der Waals surface area contributed by atoms with Crippen molar-refractivity contribution in [2.45, 2.75) is 65.2 Å². The summed E-state index contributed by atoms with van der Waals surface area (Å²) in [5.41, 5.74) is 0. The van der Waals surface area contributed by atoms with Crippen molar-refractivity contribution in [2.75, 3.05) is 13.6 Å². The van der Waals surface area contributed by atoms with Gasteiger partial charge in [-0.15, -0.1) is 0 Å². The largest absolute Gasteiger partial charge is 0.508 e. The number of nitrogens with zero attached hydrogens (tertiary/aromatic N) is 1. The topological polar surface area (TPSA) is 40.5 Å². The summed E-state index contributed by atoms with van der Waals surface area (Å²) in [5, 5.41) is 9.21. The quantitative estimate of drug-likeness (QED) is 0.341. The Labute approximate surface area is 124 Å². The number of hydrogen-bond acceptors (Lipinski definition) is 2. The smallest absolute Gasteiger partial charge is 0.222 e. The highest BCUT2D eigenvalue weighted by Crippen LogP contribution is 2.06. The van der Waals surface area contributed by atoms with Gasteiger partial charge >= 0.3 is 0 Å². The summed E-state index contributed by atoms with van der Waals surface area (Å²) < 4.78 is 0. The Morgan fingerprint density at radius 1 is 1.15 bits per heavy atom. The number of aliphatic hydroxyl groups excluding tert-OH is 1. The second-order valence-corrected chi connectivity index (χ2v) is 5.24. The van der Waals surface area contributed by atoms with Crippen LogP contribution in [0.4, 0.5) is 0 Å². The molecule has 0 saturated heterocycles. The average Bonchev–Trinajstić information content (AvgIpc) is 2.45. The molecular weight excluding hydrogens is 250 g/mol. The molecule has 116 valence electrons. The summed E-state index contributed by atoms with van der Waals surface area (Å²) in [7, 11) is 1.90. The van der Waals surface area contributed by atoms with E-state index in [4.69, 9.17) is 0 Å². The van der Waals surface area contributed by atoms with Gasteiger partial charge in [0.1, 0.15) is 5.76 Å². The van der Waals surface area contributed by atoms with Crippen molar-refractivity contribution in [3.63, 3.8) is 0 Å². The maximum Gasteiger partial charge on any atom is 0.222 e. The summed E-state index contributed by atoms with van der Waals surface area (Å²) in [6.07, 6.45) is 13.7. The number of carbonyl (C=O) groups is 1.